The van der Waals surface area contributed by atoms with Gasteiger partial charge in [-0.3, -0.25) is 5.32 Å². The molecule has 0 spiro atoms. The number of amides is 2. The second kappa shape index (κ2) is 8.87. The van der Waals surface area contributed by atoms with Gasteiger partial charge in [-0.15, -0.1) is 10.2 Å². The minimum absolute atomic E-state index is 0.0650. The van der Waals surface area contributed by atoms with Gasteiger partial charge in [0.15, 0.2) is 0 Å². The smallest absolute Gasteiger partial charge is 0.323 e. The first-order valence-corrected chi connectivity index (χ1v) is 10.6. The third-order valence-corrected chi connectivity index (χ3v) is 6.04. The van der Waals surface area contributed by atoms with E-state index in [1.54, 1.807) is 29.6 Å². The molecule has 0 unspecified atom stereocenters. The molecule has 7 nitrogen and oxygen atoms in total. The second-order valence-electron chi connectivity index (χ2n) is 6.93. The van der Waals surface area contributed by atoms with E-state index in [4.69, 9.17) is 11.6 Å². The summed E-state index contributed by atoms with van der Waals surface area (Å²) in [6.07, 6.45) is 8.21. The molecule has 4 rings (SSSR count). The Bertz CT molecular complexity index is 955. The number of carbonyl (C=O) groups is 1. The van der Waals surface area contributed by atoms with Crippen molar-refractivity contribution < 1.29 is 9.18 Å². The van der Waals surface area contributed by atoms with Gasteiger partial charge in [-0.25, -0.2) is 14.2 Å². The molecule has 10 heteroatoms. The maximum atomic E-state index is 14.3. The summed E-state index contributed by atoms with van der Waals surface area (Å²) in [6.45, 7) is 1.18. The average Bonchev–Trinajstić information content (AvgIpc) is 3.21. The quantitative estimate of drug-likeness (QED) is 0.565. The highest BCUT2D eigenvalue weighted by Crippen LogP contribution is 2.42. The lowest BCUT2D eigenvalue weighted by Crippen LogP contribution is -2.36. The highest BCUT2D eigenvalue weighted by molar-refractivity contribution is 7.15. The van der Waals surface area contributed by atoms with Crippen LogP contribution in [0.25, 0.3) is 0 Å². The molecule has 2 aromatic heterocycles. The number of aryl methyl sites for hydroxylation is 1. The summed E-state index contributed by atoms with van der Waals surface area (Å²) in [6, 6.07) is 4.16. The van der Waals surface area contributed by atoms with Crippen molar-refractivity contribution in [1.82, 2.24) is 24.6 Å². The Morgan fingerprint density at radius 1 is 1.38 bits per heavy atom. The highest BCUT2D eigenvalue weighted by Gasteiger charge is 2.28. The number of benzene rings is 1. The molecule has 1 saturated carbocycles. The summed E-state index contributed by atoms with van der Waals surface area (Å²) in [5.74, 6) is 0.0403. The van der Waals surface area contributed by atoms with E-state index in [-0.39, 0.29) is 12.6 Å². The number of urea groups is 1. The van der Waals surface area contributed by atoms with Crippen LogP contribution in [0.5, 0.6) is 0 Å². The van der Waals surface area contributed by atoms with Crippen molar-refractivity contribution in [3.63, 3.8) is 0 Å². The van der Waals surface area contributed by atoms with Gasteiger partial charge in [0.05, 0.1) is 12.9 Å². The number of hydrogen-bond donors (Lipinski definition) is 1. The van der Waals surface area contributed by atoms with Crippen molar-refractivity contribution in [2.75, 3.05) is 11.9 Å². The van der Waals surface area contributed by atoms with Crippen LogP contribution in [0, 0.1) is 5.82 Å². The molecule has 1 aromatic carbocycles. The molecule has 0 bridgehead atoms. The van der Waals surface area contributed by atoms with Gasteiger partial charge < -0.3 is 9.47 Å². The van der Waals surface area contributed by atoms with Crippen molar-refractivity contribution in [2.45, 2.75) is 38.3 Å². The fourth-order valence-electron chi connectivity index (χ4n) is 2.94. The van der Waals surface area contributed by atoms with E-state index in [9.17, 15) is 9.18 Å². The molecule has 0 atom stereocenters. The van der Waals surface area contributed by atoms with E-state index in [0.29, 0.717) is 41.1 Å². The summed E-state index contributed by atoms with van der Waals surface area (Å²) < 4.78 is 16.2. The maximum absolute atomic E-state index is 14.3. The number of nitrogens with zero attached hydrogens (tertiary/aromatic N) is 5. The lowest BCUT2D eigenvalue weighted by molar-refractivity contribution is 0.206. The van der Waals surface area contributed by atoms with Gasteiger partial charge in [0, 0.05) is 42.0 Å². The standard InChI is InChI=1S/C19H20ClFN6OS/c20-15-3-1-4-16(21)14(15)11-27(9-2-8-26-10-7-22-12-26)19(28)23-18-25-24-17(29-18)13-5-6-13/h1,3-4,7,10,12-13H,2,5-6,8-9,11H2,(H,23,25,28). The molecular formula is C19H20ClFN6OS. The van der Waals surface area contributed by atoms with Gasteiger partial charge >= 0.3 is 6.03 Å². The topological polar surface area (TPSA) is 75.9 Å². The number of halogens is 2. The van der Waals surface area contributed by atoms with Crippen LogP contribution in [0.3, 0.4) is 0 Å². The van der Waals surface area contributed by atoms with Gasteiger partial charge in [-0.2, -0.15) is 0 Å². The number of carbonyl (C=O) groups excluding carboxylic acids is 1. The zero-order valence-electron chi connectivity index (χ0n) is 15.6. The number of rotatable bonds is 8. The average molecular weight is 435 g/mol. The zero-order valence-corrected chi connectivity index (χ0v) is 17.2. The molecule has 2 amide bonds. The minimum atomic E-state index is -0.433. The number of nitrogens with one attached hydrogen (secondary N) is 1. The molecule has 2 heterocycles. The van der Waals surface area contributed by atoms with Crippen molar-refractivity contribution in [3.05, 3.63) is 58.3 Å². The van der Waals surface area contributed by atoms with Gasteiger partial charge in [-0.05, 0) is 31.4 Å². The first-order chi connectivity index (χ1) is 14.1. The molecule has 0 radical (unpaired) electrons. The van der Waals surface area contributed by atoms with Crippen LogP contribution >= 0.6 is 22.9 Å². The molecule has 152 valence electrons. The molecule has 0 saturated heterocycles. The van der Waals surface area contributed by atoms with Crippen LogP contribution in [0.1, 0.15) is 35.8 Å². The molecule has 3 aromatic rings. The molecule has 1 fully saturated rings. The maximum Gasteiger partial charge on any atom is 0.323 e. The largest absolute Gasteiger partial charge is 0.337 e. The SMILES string of the molecule is O=C(Nc1nnc(C2CC2)s1)N(CCCn1ccnc1)Cc1c(F)cccc1Cl. The molecule has 29 heavy (non-hydrogen) atoms. The Labute approximate surface area is 176 Å². The Kier molecular flexibility index (Phi) is 6.05. The van der Waals surface area contributed by atoms with Gasteiger partial charge in [0.1, 0.15) is 10.8 Å². The number of aromatic nitrogens is 4. The first-order valence-electron chi connectivity index (χ1n) is 9.38. The number of hydrogen-bond acceptors (Lipinski definition) is 5. The lowest BCUT2D eigenvalue weighted by Gasteiger charge is -2.23. The predicted octanol–water partition coefficient (Wildman–Crippen LogP) is 4.53. The van der Waals surface area contributed by atoms with Crippen LogP contribution in [0.15, 0.2) is 36.9 Å². The fourth-order valence-corrected chi connectivity index (χ4v) is 4.07. The van der Waals surface area contributed by atoms with Crippen LogP contribution in [0.4, 0.5) is 14.3 Å². The van der Waals surface area contributed by atoms with Crippen molar-refractivity contribution >= 4 is 34.1 Å². The minimum Gasteiger partial charge on any atom is -0.337 e. The first kappa shape index (κ1) is 19.8. The summed E-state index contributed by atoms with van der Waals surface area (Å²) in [5, 5.41) is 12.7. The molecule has 0 aliphatic heterocycles. The van der Waals surface area contributed by atoms with Crippen molar-refractivity contribution in [2.24, 2.45) is 0 Å². The summed E-state index contributed by atoms with van der Waals surface area (Å²) >= 11 is 7.56. The Morgan fingerprint density at radius 3 is 2.97 bits per heavy atom. The summed E-state index contributed by atoms with van der Waals surface area (Å²) in [4.78, 5) is 18.4. The van der Waals surface area contributed by atoms with Crippen LogP contribution in [-0.2, 0) is 13.1 Å². The lowest BCUT2D eigenvalue weighted by atomic mass is 10.2. The van der Waals surface area contributed by atoms with E-state index in [2.05, 4.69) is 20.5 Å². The van der Waals surface area contributed by atoms with E-state index >= 15 is 0 Å². The van der Waals surface area contributed by atoms with E-state index in [1.807, 2.05) is 10.8 Å². The monoisotopic (exact) mass is 434 g/mol. The Hall–Kier alpha value is -2.52. The Balaban J connectivity index is 1.45. The second-order valence-corrected chi connectivity index (χ2v) is 8.34. The van der Waals surface area contributed by atoms with Gasteiger partial charge in [0.2, 0.25) is 5.13 Å². The summed E-state index contributed by atoms with van der Waals surface area (Å²) in [7, 11) is 0. The third-order valence-electron chi connectivity index (χ3n) is 4.68. The normalized spacial score (nSPS) is 13.4. The van der Waals surface area contributed by atoms with Crippen LogP contribution < -0.4 is 5.32 Å². The molecule has 1 aliphatic rings. The Morgan fingerprint density at radius 2 is 2.24 bits per heavy atom. The van der Waals surface area contributed by atoms with Crippen LogP contribution in [0.2, 0.25) is 5.02 Å². The van der Waals surface area contributed by atoms with E-state index in [1.165, 1.54) is 17.4 Å². The van der Waals surface area contributed by atoms with Crippen molar-refractivity contribution in [1.29, 1.82) is 0 Å². The molecular weight excluding hydrogens is 415 g/mol. The number of anilines is 1. The number of imidazole rings is 1. The van der Waals surface area contributed by atoms with E-state index < -0.39 is 5.82 Å². The fraction of sp³-hybridized carbons (Fsp3) is 0.368. The zero-order chi connectivity index (χ0) is 20.2. The predicted molar refractivity (Wildman–Crippen MR) is 110 cm³/mol. The van der Waals surface area contributed by atoms with Gasteiger partial charge in [0.25, 0.3) is 0 Å². The highest BCUT2D eigenvalue weighted by atomic mass is 35.5. The third kappa shape index (κ3) is 5.10. The van der Waals surface area contributed by atoms with Crippen LogP contribution in [-0.4, -0.2) is 37.2 Å². The van der Waals surface area contributed by atoms with Crippen molar-refractivity contribution in [3.8, 4) is 0 Å². The summed E-state index contributed by atoms with van der Waals surface area (Å²) in [5.41, 5.74) is 0.294. The van der Waals surface area contributed by atoms with Gasteiger partial charge in [-0.1, -0.05) is 29.0 Å². The van der Waals surface area contributed by atoms with E-state index in [0.717, 1.165) is 17.8 Å². The molecule has 1 N–H and O–H groups in total. The molecule has 1 aliphatic carbocycles.